The first-order chi connectivity index (χ1) is 9.38. The molecule has 2 rings (SSSR count). The fourth-order valence-corrected chi connectivity index (χ4v) is 1.87. The molecule has 1 amide bonds. The number of rotatable bonds is 3. The van der Waals surface area contributed by atoms with Crippen LogP contribution in [0.4, 0.5) is 11.4 Å². The molecule has 0 unspecified atom stereocenters. The van der Waals surface area contributed by atoms with Gasteiger partial charge in [-0.3, -0.25) is 14.3 Å². The number of aryl methyl sites for hydroxylation is 2. The summed E-state index contributed by atoms with van der Waals surface area (Å²) < 4.78 is 2.96. The highest BCUT2D eigenvalue weighted by Crippen LogP contribution is 2.14. The van der Waals surface area contributed by atoms with E-state index in [4.69, 9.17) is 5.73 Å². The first-order valence-electron chi connectivity index (χ1n) is 6.14. The zero-order valence-electron chi connectivity index (χ0n) is 11.7. The minimum Gasteiger partial charge on any atom is -0.396 e. The van der Waals surface area contributed by atoms with Gasteiger partial charge in [-0.25, -0.2) is 0 Å². The Hall–Kier alpha value is -2.57. The molecule has 0 aliphatic rings. The van der Waals surface area contributed by atoms with Gasteiger partial charge in [0.2, 0.25) is 11.5 Å². The number of nitrogens with one attached hydrogen (secondary N) is 1. The Morgan fingerprint density at radius 3 is 2.65 bits per heavy atom. The van der Waals surface area contributed by atoms with Crippen LogP contribution < -0.4 is 16.6 Å². The fraction of sp³-hybridized carbons (Fsp3) is 0.308. The zero-order valence-corrected chi connectivity index (χ0v) is 11.7. The highest BCUT2D eigenvalue weighted by Gasteiger charge is 2.11. The number of nitrogen functional groups attached to an aromatic ring is 1. The van der Waals surface area contributed by atoms with Crippen LogP contribution in [0.1, 0.15) is 11.4 Å². The molecule has 0 atom stereocenters. The second-order valence-corrected chi connectivity index (χ2v) is 4.66. The normalized spacial score (nSPS) is 10.6. The fourth-order valence-electron chi connectivity index (χ4n) is 1.87. The van der Waals surface area contributed by atoms with Crippen molar-refractivity contribution < 1.29 is 4.79 Å². The highest BCUT2D eigenvalue weighted by atomic mass is 16.2. The van der Waals surface area contributed by atoms with Crippen molar-refractivity contribution in [3.05, 3.63) is 40.1 Å². The molecule has 7 nitrogen and oxygen atoms in total. The van der Waals surface area contributed by atoms with Crippen LogP contribution in [-0.2, 0) is 18.4 Å². The van der Waals surface area contributed by atoms with Crippen molar-refractivity contribution in [2.45, 2.75) is 20.4 Å². The molecule has 2 heterocycles. The van der Waals surface area contributed by atoms with Crippen molar-refractivity contribution in [2.24, 2.45) is 7.05 Å². The monoisotopic (exact) mass is 275 g/mol. The summed E-state index contributed by atoms with van der Waals surface area (Å²) in [5, 5.41) is 6.91. The van der Waals surface area contributed by atoms with E-state index in [1.165, 1.54) is 10.6 Å². The molecule has 2 aromatic rings. The summed E-state index contributed by atoms with van der Waals surface area (Å²) in [6, 6.07) is 2.96. The summed E-state index contributed by atoms with van der Waals surface area (Å²) >= 11 is 0. The van der Waals surface area contributed by atoms with E-state index in [0.717, 1.165) is 5.69 Å². The van der Waals surface area contributed by atoms with Gasteiger partial charge in [-0.15, -0.1) is 0 Å². The smallest absolute Gasteiger partial charge is 0.250 e. The van der Waals surface area contributed by atoms with Crippen molar-refractivity contribution in [1.82, 2.24) is 14.3 Å². The molecule has 0 aliphatic heterocycles. The Bertz CT molecular complexity index is 714. The maximum absolute atomic E-state index is 12.0. The summed E-state index contributed by atoms with van der Waals surface area (Å²) in [5.74, 6) is -0.228. The largest absolute Gasteiger partial charge is 0.396 e. The minimum atomic E-state index is -0.228. The van der Waals surface area contributed by atoms with E-state index in [-0.39, 0.29) is 18.0 Å². The Morgan fingerprint density at radius 2 is 2.10 bits per heavy atom. The number of nitrogens with zero attached hydrogens (tertiary/aromatic N) is 3. The van der Waals surface area contributed by atoms with E-state index in [2.05, 4.69) is 10.4 Å². The summed E-state index contributed by atoms with van der Waals surface area (Å²) in [4.78, 5) is 23.2. The van der Waals surface area contributed by atoms with E-state index in [0.29, 0.717) is 17.1 Å². The molecular formula is C13H17N5O2. The molecule has 0 saturated carbocycles. The van der Waals surface area contributed by atoms with Crippen LogP contribution in [-0.4, -0.2) is 20.3 Å². The van der Waals surface area contributed by atoms with Crippen molar-refractivity contribution in [1.29, 1.82) is 0 Å². The van der Waals surface area contributed by atoms with Crippen LogP contribution in [0.5, 0.6) is 0 Å². The van der Waals surface area contributed by atoms with Gasteiger partial charge in [-0.05, 0) is 19.9 Å². The molecule has 0 radical (unpaired) electrons. The Labute approximate surface area is 116 Å². The van der Waals surface area contributed by atoms with Gasteiger partial charge in [-0.1, -0.05) is 0 Å². The summed E-state index contributed by atoms with van der Waals surface area (Å²) in [6.07, 6.45) is 1.57. The van der Waals surface area contributed by atoms with Gasteiger partial charge in [0.25, 0.3) is 0 Å². The minimum absolute atomic E-state index is 0.0761. The zero-order chi connectivity index (χ0) is 14.9. The second-order valence-electron chi connectivity index (χ2n) is 4.66. The van der Waals surface area contributed by atoms with E-state index < -0.39 is 0 Å². The molecule has 20 heavy (non-hydrogen) atoms. The van der Waals surface area contributed by atoms with E-state index >= 15 is 0 Å². The topological polar surface area (TPSA) is 94.9 Å². The van der Waals surface area contributed by atoms with Crippen molar-refractivity contribution in [3.63, 3.8) is 0 Å². The van der Waals surface area contributed by atoms with E-state index in [1.54, 1.807) is 30.9 Å². The third-order valence-corrected chi connectivity index (χ3v) is 3.10. The number of aromatic nitrogens is 3. The molecule has 3 N–H and O–H groups in total. The Balaban J connectivity index is 2.10. The van der Waals surface area contributed by atoms with Crippen LogP contribution in [0.2, 0.25) is 0 Å². The van der Waals surface area contributed by atoms with Crippen molar-refractivity contribution in [2.75, 3.05) is 11.1 Å². The molecule has 0 aliphatic carbocycles. The van der Waals surface area contributed by atoms with E-state index in [1.807, 2.05) is 6.92 Å². The lowest BCUT2D eigenvalue weighted by atomic mass is 10.3. The standard InChI is InChI=1S/C13H17N5O2/c1-8-13(14)9(2)18(16-8)7-11(19)15-10-4-5-12(20)17(3)6-10/h4-6H,7,14H2,1-3H3,(H,15,19). The van der Waals surface area contributed by atoms with Crippen LogP contribution in [0.15, 0.2) is 23.1 Å². The lowest BCUT2D eigenvalue weighted by molar-refractivity contribution is -0.116. The average Bonchev–Trinajstić information content (AvgIpc) is 2.61. The molecule has 0 spiro atoms. The SMILES string of the molecule is Cc1nn(CC(=O)Nc2ccc(=O)n(C)c2)c(C)c1N. The third kappa shape index (κ3) is 2.71. The number of nitrogens with two attached hydrogens (primary N) is 1. The average molecular weight is 275 g/mol. The predicted octanol–water partition coefficient (Wildman–Crippen LogP) is 0.420. The molecule has 0 fully saturated rings. The van der Waals surface area contributed by atoms with Crippen molar-refractivity contribution >= 4 is 17.3 Å². The number of carbonyl (C=O) groups excluding carboxylic acids is 1. The van der Waals surface area contributed by atoms with Crippen LogP contribution in [0.25, 0.3) is 0 Å². The molecule has 0 aromatic carbocycles. The Morgan fingerprint density at radius 1 is 1.40 bits per heavy atom. The number of pyridine rings is 1. The number of carbonyl (C=O) groups is 1. The molecule has 7 heteroatoms. The number of amides is 1. The van der Waals surface area contributed by atoms with Gasteiger partial charge in [0.15, 0.2) is 0 Å². The highest BCUT2D eigenvalue weighted by molar-refractivity contribution is 5.90. The summed E-state index contributed by atoms with van der Waals surface area (Å²) in [6.45, 7) is 3.69. The summed E-state index contributed by atoms with van der Waals surface area (Å²) in [5.41, 5.74) is 8.31. The van der Waals surface area contributed by atoms with Crippen LogP contribution in [0.3, 0.4) is 0 Å². The van der Waals surface area contributed by atoms with E-state index in [9.17, 15) is 9.59 Å². The number of hydrogen-bond acceptors (Lipinski definition) is 4. The number of anilines is 2. The second kappa shape index (κ2) is 5.20. The van der Waals surface area contributed by atoms with Crippen LogP contribution in [0, 0.1) is 13.8 Å². The van der Waals surface area contributed by atoms with Gasteiger partial charge in [0.05, 0.1) is 22.8 Å². The number of hydrogen-bond donors (Lipinski definition) is 2. The van der Waals surface area contributed by atoms with Crippen molar-refractivity contribution in [3.8, 4) is 0 Å². The molecule has 0 saturated heterocycles. The Kier molecular flexibility index (Phi) is 3.60. The third-order valence-electron chi connectivity index (χ3n) is 3.10. The maximum atomic E-state index is 12.0. The molecule has 0 bridgehead atoms. The van der Waals surface area contributed by atoms with Gasteiger partial charge in [0, 0.05) is 19.3 Å². The summed E-state index contributed by atoms with van der Waals surface area (Å²) in [7, 11) is 1.62. The van der Waals surface area contributed by atoms with Gasteiger partial charge < -0.3 is 15.6 Å². The van der Waals surface area contributed by atoms with Gasteiger partial charge in [-0.2, -0.15) is 5.10 Å². The molecule has 2 aromatic heterocycles. The quantitative estimate of drug-likeness (QED) is 0.848. The van der Waals surface area contributed by atoms with Crippen LogP contribution >= 0.6 is 0 Å². The maximum Gasteiger partial charge on any atom is 0.250 e. The lowest BCUT2D eigenvalue weighted by Gasteiger charge is -2.07. The molecule has 106 valence electrons. The first-order valence-corrected chi connectivity index (χ1v) is 6.14. The van der Waals surface area contributed by atoms with Gasteiger partial charge >= 0.3 is 0 Å². The first kappa shape index (κ1) is 13.9. The lowest BCUT2D eigenvalue weighted by Crippen LogP contribution is -2.22. The molecular weight excluding hydrogens is 258 g/mol. The predicted molar refractivity (Wildman–Crippen MR) is 76.4 cm³/mol. The van der Waals surface area contributed by atoms with Gasteiger partial charge in [0.1, 0.15) is 6.54 Å².